The highest BCUT2D eigenvalue weighted by Gasteiger charge is 2.03. The summed E-state index contributed by atoms with van der Waals surface area (Å²) in [5.74, 6) is 1.41. The molecule has 0 aliphatic carbocycles. The molecule has 3 aromatic rings. The fourth-order valence-corrected chi connectivity index (χ4v) is 1.97. The van der Waals surface area contributed by atoms with Gasteiger partial charge < -0.3 is 10.5 Å². The summed E-state index contributed by atoms with van der Waals surface area (Å²) in [7, 11) is 0. The van der Waals surface area contributed by atoms with Crippen molar-refractivity contribution in [2.45, 2.75) is 0 Å². The minimum absolute atomic E-state index is 0.292. The zero-order valence-electron chi connectivity index (χ0n) is 11.2. The molecule has 0 unspecified atom stereocenters. The molecule has 0 saturated heterocycles. The van der Waals surface area contributed by atoms with Gasteiger partial charge in [0.25, 0.3) is 0 Å². The SMILES string of the molecule is Nc1cccc(-c2cccc(Oc3ccc(F)cc3)c2)n1. The van der Waals surface area contributed by atoms with Gasteiger partial charge in [-0.25, -0.2) is 9.37 Å². The molecule has 0 spiro atoms. The highest BCUT2D eigenvalue weighted by atomic mass is 19.1. The highest BCUT2D eigenvalue weighted by Crippen LogP contribution is 2.26. The number of nitrogens with two attached hydrogens (primary N) is 1. The summed E-state index contributed by atoms with van der Waals surface area (Å²) in [4.78, 5) is 4.28. The third kappa shape index (κ3) is 3.17. The Morgan fingerprint density at radius 1 is 0.857 bits per heavy atom. The summed E-state index contributed by atoms with van der Waals surface area (Å²) in [5.41, 5.74) is 7.38. The lowest BCUT2D eigenvalue weighted by molar-refractivity contribution is 0.481. The molecule has 0 atom stereocenters. The number of nitrogen functional groups attached to an aromatic ring is 1. The van der Waals surface area contributed by atoms with Gasteiger partial charge in [-0.05, 0) is 48.5 Å². The third-order valence-corrected chi connectivity index (χ3v) is 2.95. The van der Waals surface area contributed by atoms with Crippen LogP contribution < -0.4 is 10.5 Å². The highest BCUT2D eigenvalue weighted by molar-refractivity contribution is 5.62. The molecule has 0 aliphatic heterocycles. The number of halogens is 1. The molecule has 0 aliphatic rings. The maximum Gasteiger partial charge on any atom is 0.128 e. The van der Waals surface area contributed by atoms with Crippen molar-refractivity contribution < 1.29 is 9.13 Å². The first kappa shape index (κ1) is 13.1. The molecule has 104 valence electrons. The van der Waals surface area contributed by atoms with Crippen molar-refractivity contribution in [1.82, 2.24) is 4.98 Å². The maximum absolute atomic E-state index is 12.9. The van der Waals surface area contributed by atoms with Gasteiger partial charge in [-0.3, -0.25) is 0 Å². The lowest BCUT2D eigenvalue weighted by Gasteiger charge is -2.08. The van der Waals surface area contributed by atoms with Crippen LogP contribution >= 0.6 is 0 Å². The van der Waals surface area contributed by atoms with E-state index in [1.807, 2.05) is 36.4 Å². The Bertz CT molecular complexity index is 757. The van der Waals surface area contributed by atoms with Crippen molar-refractivity contribution in [2.75, 3.05) is 5.73 Å². The predicted molar refractivity (Wildman–Crippen MR) is 80.6 cm³/mol. The van der Waals surface area contributed by atoms with Gasteiger partial charge in [0, 0.05) is 5.56 Å². The first-order valence-electron chi connectivity index (χ1n) is 6.47. The summed E-state index contributed by atoms with van der Waals surface area (Å²) in [6.45, 7) is 0. The van der Waals surface area contributed by atoms with Crippen molar-refractivity contribution >= 4 is 5.82 Å². The summed E-state index contributed by atoms with van der Waals surface area (Å²) in [6.07, 6.45) is 0. The molecule has 3 nitrogen and oxygen atoms in total. The quantitative estimate of drug-likeness (QED) is 0.779. The molecule has 4 heteroatoms. The number of anilines is 1. The molecule has 2 N–H and O–H groups in total. The molecule has 3 rings (SSSR count). The molecule has 0 bridgehead atoms. The van der Waals surface area contributed by atoms with E-state index < -0.39 is 0 Å². The predicted octanol–water partition coefficient (Wildman–Crippen LogP) is 4.26. The second kappa shape index (κ2) is 5.63. The number of nitrogens with zero attached hydrogens (tertiary/aromatic N) is 1. The first-order valence-corrected chi connectivity index (χ1v) is 6.47. The zero-order chi connectivity index (χ0) is 14.7. The van der Waals surface area contributed by atoms with Crippen molar-refractivity contribution in [3.05, 3.63) is 72.5 Å². The van der Waals surface area contributed by atoms with Gasteiger partial charge in [-0.1, -0.05) is 18.2 Å². The number of hydrogen-bond donors (Lipinski definition) is 1. The summed E-state index contributed by atoms with van der Waals surface area (Å²) < 4.78 is 18.6. The molecule has 1 aromatic heterocycles. The monoisotopic (exact) mass is 280 g/mol. The van der Waals surface area contributed by atoms with Crippen LogP contribution in [0, 0.1) is 5.82 Å². The topological polar surface area (TPSA) is 48.1 Å². The smallest absolute Gasteiger partial charge is 0.128 e. The number of ether oxygens (including phenoxy) is 1. The lowest BCUT2D eigenvalue weighted by atomic mass is 10.1. The number of aromatic nitrogens is 1. The maximum atomic E-state index is 12.9. The standard InChI is InChI=1S/C17H13FN2O/c18-13-7-9-14(10-8-13)21-15-4-1-3-12(11-15)16-5-2-6-17(19)20-16/h1-11H,(H2,19,20). The number of rotatable bonds is 3. The van der Waals surface area contributed by atoms with Crippen LogP contribution in [-0.2, 0) is 0 Å². The van der Waals surface area contributed by atoms with Crippen LogP contribution in [0.1, 0.15) is 0 Å². The molecule has 0 saturated carbocycles. The van der Waals surface area contributed by atoms with E-state index in [0.29, 0.717) is 17.3 Å². The van der Waals surface area contributed by atoms with E-state index >= 15 is 0 Å². The fraction of sp³-hybridized carbons (Fsp3) is 0. The van der Waals surface area contributed by atoms with Crippen LogP contribution in [0.5, 0.6) is 11.5 Å². The van der Waals surface area contributed by atoms with Gasteiger partial charge in [0.15, 0.2) is 0 Å². The molecular formula is C17H13FN2O. The van der Waals surface area contributed by atoms with Crippen LogP contribution in [0.3, 0.4) is 0 Å². The third-order valence-electron chi connectivity index (χ3n) is 2.95. The average Bonchev–Trinajstić information content (AvgIpc) is 2.50. The Labute approximate surface area is 121 Å². The molecule has 0 fully saturated rings. The zero-order valence-corrected chi connectivity index (χ0v) is 11.2. The Hall–Kier alpha value is -2.88. The number of pyridine rings is 1. The minimum Gasteiger partial charge on any atom is -0.457 e. The fourth-order valence-electron chi connectivity index (χ4n) is 1.97. The van der Waals surface area contributed by atoms with Crippen molar-refractivity contribution in [3.8, 4) is 22.8 Å². The van der Waals surface area contributed by atoms with Gasteiger partial charge in [-0.2, -0.15) is 0 Å². The van der Waals surface area contributed by atoms with Gasteiger partial charge in [0.1, 0.15) is 23.1 Å². The van der Waals surface area contributed by atoms with E-state index in [1.165, 1.54) is 12.1 Å². The largest absolute Gasteiger partial charge is 0.457 e. The van der Waals surface area contributed by atoms with E-state index in [1.54, 1.807) is 18.2 Å². The molecule has 0 amide bonds. The second-order valence-electron chi connectivity index (χ2n) is 4.53. The van der Waals surface area contributed by atoms with E-state index in [4.69, 9.17) is 10.5 Å². The lowest BCUT2D eigenvalue weighted by Crippen LogP contribution is -1.91. The van der Waals surface area contributed by atoms with Gasteiger partial charge >= 0.3 is 0 Å². The van der Waals surface area contributed by atoms with Gasteiger partial charge in [-0.15, -0.1) is 0 Å². The van der Waals surface area contributed by atoms with Gasteiger partial charge in [0.05, 0.1) is 5.69 Å². The molecule has 0 radical (unpaired) electrons. The van der Waals surface area contributed by atoms with Crippen LogP contribution in [0.4, 0.5) is 10.2 Å². The van der Waals surface area contributed by atoms with E-state index in [0.717, 1.165) is 11.3 Å². The van der Waals surface area contributed by atoms with Crippen LogP contribution in [0.15, 0.2) is 66.7 Å². The van der Waals surface area contributed by atoms with Gasteiger partial charge in [0.2, 0.25) is 0 Å². The van der Waals surface area contributed by atoms with Crippen LogP contribution in [-0.4, -0.2) is 4.98 Å². The Balaban J connectivity index is 1.88. The second-order valence-corrected chi connectivity index (χ2v) is 4.53. The van der Waals surface area contributed by atoms with E-state index in [9.17, 15) is 4.39 Å². The van der Waals surface area contributed by atoms with Crippen LogP contribution in [0.25, 0.3) is 11.3 Å². The normalized spacial score (nSPS) is 10.3. The molecular weight excluding hydrogens is 267 g/mol. The Morgan fingerprint density at radius 2 is 1.62 bits per heavy atom. The Kier molecular flexibility index (Phi) is 3.51. The number of hydrogen-bond acceptors (Lipinski definition) is 3. The van der Waals surface area contributed by atoms with Crippen LogP contribution in [0.2, 0.25) is 0 Å². The Morgan fingerprint density at radius 3 is 2.38 bits per heavy atom. The van der Waals surface area contributed by atoms with Crippen molar-refractivity contribution in [3.63, 3.8) is 0 Å². The average molecular weight is 280 g/mol. The minimum atomic E-state index is -0.292. The summed E-state index contributed by atoms with van der Waals surface area (Å²) in [5, 5.41) is 0. The molecule has 21 heavy (non-hydrogen) atoms. The van der Waals surface area contributed by atoms with E-state index in [2.05, 4.69) is 4.98 Å². The number of benzene rings is 2. The summed E-state index contributed by atoms with van der Waals surface area (Å²) >= 11 is 0. The molecule has 2 aromatic carbocycles. The van der Waals surface area contributed by atoms with Crippen molar-refractivity contribution in [2.24, 2.45) is 0 Å². The first-order chi connectivity index (χ1) is 10.2. The van der Waals surface area contributed by atoms with E-state index in [-0.39, 0.29) is 5.82 Å². The van der Waals surface area contributed by atoms with Crippen molar-refractivity contribution in [1.29, 1.82) is 0 Å². The molecule has 1 heterocycles. The summed E-state index contributed by atoms with van der Waals surface area (Å²) in [6, 6.07) is 18.9.